The number of rotatable bonds is 6. The van der Waals surface area contributed by atoms with Crippen LogP contribution in [0.15, 0.2) is 48.5 Å². The molecule has 6 nitrogen and oxygen atoms in total. The van der Waals surface area contributed by atoms with E-state index < -0.39 is 0 Å². The fraction of sp³-hybridized carbons (Fsp3) is 0.391. The van der Waals surface area contributed by atoms with Crippen LogP contribution in [0, 0.1) is 6.92 Å². The molecule has 0 bridgehead atoms. The van der Waals surface area contributed by atoms with Crippen LogP contribution in [-0.4, -0.2) is 63.5 Å². The second-order valence-corrected chi connectivity index (χ2v) is 8.17. The summed E-state index contributed by atoms with van der Waals surface area (Å²) in [5.74, 6) is -0.0211. The Kier molecular flexibility index (Phi) is 7.01. The normalized spacial score (nSPS) is 18.9. The van der Waals surface area contributed by atoms with Gasteiger partial charge in [0.2, 0.25) is 0 Å². The third kappa shape index (κ3) is 6.14. The molecule has 3 N–H and O–H groups in total. The Hall–Kier alpha value is -2.70. The fourth-order valence-electron chi connectivity index (χ4n) is 3.81. The van der Waals surface area contributed by atoms with Crippen LogP contribution in [0.3, 0.4) is 0 Å². The zero-order valence-electron chi connectivity index (χ0n) is 17.6. The first-order valence-corrected chi connectivity index (χ1v) is 10.2. The molecule has 1 saturated heterocycles. The van der Waals surface area contributed by atoms with Crippen LogP contribution in [0.5, 0.6) is 0 Å². The van der Waals surface area contributed by atoms with Crippen LogP contribution >= 0.6 is 0 Å². The number of carbonyl (C=O) groups is 2. The summed E-state index contributed by atoms with van der Waals surface area (Å²) in [6.07, 6.45) is 0. The minimum atomic E-state index is -0.0432. The van der Waals surface area contributed by atoms with E-state index in [0.717, 1.165) is 38.4 Å². The first-order valence-electron chi connectivity index (χ1n) is 10.2. The molecule has 1 aliphatic rings. The average molecular weight is 397 g/mol. The Labute approximate surface area is 173 Å². The molecule has 0 aliphatic carbocycles. The molecule has 0 radical (unpaired) electrons. The van der Waals surface area contributed by atoms with Crippen LogP contribution in [0.25, 0.3) is 0 Å². The molecule has 0 atom stereocenters. The topological polar surface area (TPSA) is 58.3 Å². The van der Waals surface area contributed by atoms with Gasteiger partial charge in [0.1, 0.15) is 32.7 Å². The minimum absolute atomic E-state index is 0.0221. The van der Waals surface area contributed by atoms with Gasteiger partial charge in [0, 0.05) is 30.9 Å². The molecule has 3 rings (SSSR count). The summed E-state index contributed by atoms with van der Waals surface area (Å²) in [5.41, 5.74) is 4.04. The van der Waals surface area contributed by atoms with Gasteiger partial charge in [0.25, 0.3) is 11.8 Å². The van der Waals surface area contributed by atoms with Crippen molar-refractivity contribution in [1.29, 1.82) is 0 Å². The van der Waals surface area contributed by atoms with Crippen LogP contribution in [0.4, 0.5) is 5.69 Å². The quantitative estimate of drug-likeness (QED) is 0.624. The first kappa shape index (κ1) is 21.0. The van der Waals surface area contributed by atoms with Crippen molar-refractivity contribution in [1.82, 2.24) is 4.90 Å². The molecule has 0 aromatic heterocycles. The second-order valence-electron chi connectivity index (χ2n) is 8.17. The van der Waals surface area contributed by atoms with Gasteiger partial charge in [0.05, 0.1) is 0 Å². The molecule has 1 aliphatic heterocycles. The zero-order valence-corrected chi connectivity index (χ0v) is 17.6. The Morgan fingerprint density at radius 1 is 0.966 bits per heavy atom. The number of amides is 2. The lowest BCUT2D eigenvalue weighted by molar-refractivity contribution is -1.02. The van der Waals surface area contributed by atoms with E-state index in [0.29, 0.717) is 12.1 Å². The monoisotopic (exact) mass is 396 g/mol. The SMILES string of the molecule is Cc1cccc(C[NH+]2CC[NH+](CC(=O)Nc3ccc(C(=O)N(C)C)cc3)CC2)c1. The van der Waals surface area contributed by atoms with Crippen molar-refractivity contribution in [2.24, 2.45) is 0 Å². The predicted molar refractivity (Wildman–Crippen MR) is 114 cm³/mol. The van der Waals surface area contributed by atoms with Crippen LogP contribution < -0.4 is 15.1 Å². The number of carbonyl (C=O) groups excluding carboxylic acids is 2. The number of aryl methyl sites for hydroxylation is 1. The van der Waals surface area contributed by atoms with Gasteiger partial charge in [-0.25, -0.2) is 0 Å². The van der Waals surface area contributed by atoms with Crippen LogP contribution in [-0.2, 0) is 11.3 Å². The molecule has 0 unspecified atom stereocenters. The van der Waals surface area contributed by atoms with Crippen molar-refractivity contribution >= 4 is 17.5 Å². The number of benzene rings is 2. The Bertz CT molecular complexity index is 840. The van der Waals surface area contributed by atoms with E-state index >= 15 is 0 Å². The highest BCUT2D eigenvalue weighted by atomic mass is 16.2. The summed E-state index contributed by atoms with van der Waals surface area (Å²) in [6.45, 7) is 7.84. The average Bonchev–Trinajstić information content (AvgIpc) is 2.69. The summed E-state index contributed by atoms with van der Waals surface area (Å²) in [4.78, 5) is 28.8. The zero-order chi connectivity index (χ0) is 20.8. The van der Waals surface area contributed by atoms with Gasteiger partial charge in [-0.15, -0.1) is 0 Å². The van der Waals surface area contributed by atoms with Gasteiger partial charge in [-0.1, -0.05) is 29.8 Å². The number of piperazine rings is 1. The maximum absolute atomic E-state index is 12.4. The molecule has 1 heterocycles. The lowest BCUT2D eigenvalue weighted by Crippen LogP contribution is -3.28. The van der Waals surface area contributed by atoms with Gasteiger partial charge in [-0.3, -0.25) is 9.59 Å². The maximum Gasteiger partial charge on any atom is 0.279 e. The van der Waals surface area contributed by atoms with Crippen molar-refractivity contribution in [3.63, 3.8) is 0 Å². The maximum atomic E-state index is 12.4. The summed E-state index contributed by atoms with van der Waals surface area (Å²) in [7, 11) is 3.45. The largest absolute Gasteiger partial charge is 0.345 e. The molecule has 154 valence electrons. The molecule has 6 heteroatoms. The molecule has 2 aromatic rings. The van der Waals surface area contributed by atoms with E-state index in [1.54, 1.807) is 43.3 Å². The number of quaternary nitrogens is 2. The fourth-order valence-corrected chi connectivity index (χ4v) is 3.81. The molecule has 1 fully saturated rings. The highest BCUT2D eigenvalue weighted by Gasteiger charge is 2.25. The highest BCUT2D eigenvalue weighted by Crippen LogP contribution is 2.10. The number of hydrogen-bond acceptors (Lipinski definition) is 2. The standard InChI is InChI=1S/C23H30N4O2/c1-18-5-4-6-19(15-18)16-26-11-13-27(14-12-26)17-22(28)24-21-9-7-20(8-10-21)23(29)25(2)3/h4-10,15H,11-14,16-17H2,1-3H3,(H,24,28)/p+2. The van der Waals surface area contributed by atoms with Crippen molar-refractivity contribution in [2.45, 2.75) is 13.5 Å². The molecule has 2 aromatic carbocycles. The summed E-state index contributed by atoms with van der Waals surface area (Å²) in [6, 6.07) is 15.8. The Morgan fingerprint density at radius 2 is 1.62 bits per heavy atom. The van der Waals surface area contributed by atoms with Gasteiger partial charge in [-0.2, -0.15) is 0 Å². The van der Waals surface area contributed by atoms with Crippen molar-refractivity contribution in [3.8, 4) is 0 Å². The lowest BCUT2D eigenvalue weighted by atomic mass is 10.1. The van der Waals surface area contributed by atoms with Crippen molar-refractivity contribution in [2.75, 3.05) is 52.1 Å². The molecule has 0 spiro atoms. The van der Waals surface area contributed by atoms with E-state index in [1.165, 1.54) is 20.9 Å². The Morgan fingerprint density at radius 3 is 2.24 bits per heavy atom. The second kappa shape index (κ2) is 9.67. The number of anilines is 1. The van der Waals surface area contributed by atoms with Gasteiger partial charge >= 0.3 is 0 Å². The molecular weight excluding hydrogens is 364 g/mol. The molecule has 2 amide bonds. The Balaban J connectivity index is 1.43. The van der Waals surface area contributed by atoms with Gasteiger partial charge in [0.15, 0.2) is 6.54 Å². The smallest absolute Gasteiger partial charge is 0.279 e. The summed E-state index contributed by atoms with van der Waals surface area (Å²) in [5, 5.41) is 2.95. The van der Waals surface area contributed by atoms with Crippen LogP contribution in [0.1, 0.15) is 21.5 Å². The molecular formula is C23H32N4O2+2. The third-order valence-corrected chi connectivity index (χ3v) is 5.43. The van der Waals surface area contributed by atoms with E-state index in [9.17, 15) is 9.59 Å². The number of nitrogens with one attached hydrogen (secondary N) is 3. The summed E-state index contributed by atoms with van der Waals surface area (Å²) < 4.78 is 0. The lowest BCUT2D eigenvalue weighted by Gasteiger charge is -2.29. The van der Waals surface area contributed by atoms with Crippen molar-refractivity contribution < 1.29 is 19.4 Å². The number of hydrogen-bond donors (Lipinski definition) is 3. The highest BCUT2D eigenvalue weighted by molar-refractivity contribution is 5.95. The van der Waals surface area contributed by atoms with E-state index in [-0.39, 0.29) is 11.8 Å². The number of nitrogens with zero attached hydrogens (tertiary/aromatic N) is 1. The third-order valence-electron chi connectivity index (χ3n) is 5.43. The molecule has 29 heavy (non-hydrogen) atoms. The first-order chi connectivity index (χ1) is 13.9. The molecule has 0 saturated carbocycles. The minimum Gasteiger partial charge on any atom is -0.345 e. The van der Waals surface area contributed by atoms with Gasteiger partial charge in [-0.05, 0) is 31.2 Å². The predicted octanol–water partition coefficient (Wildman–Crippen LogP) is -0.381. The van der Waals surface area contributed by atoms with Gasteiger partial charge < -0.3 is 20.0 Å². The van der Waals surface area contributed by atoms with E-state index in [1.807, 2.05) is 0 Å². The summed E-state index contributed by atoms with van der Waals surface area (Å²) >= 11 is 0. The van der Waals surface area contributed by atoms with Crippen molar-refractivity contribution in [3.05, 3.63) is 65.2 Å². The van der Waals surface area contributed by atoms with E-state index in [2.05, 4.69) is 36.5 Å². The van der Waals surface area contributed by atoms with Crippen LogP contribution in [0.2, 0.25) is 0 Å². The van der Waals surface area contributed by atoms with E-state index in [4.69, 9.17) is 0 Å².